The Hall–Kier alpha value is -1.42. The van der Waals surface area contributed by atoms with Crippen LogP contribution in [-0.2, 0) is 0 Å². The molecule has 4 heteroatoms. The third-order valence-corrected chi connectivity index (χ3v) is 2.51. The fourth-order valence-electron chi connectivity index (χ4n) is 1.20. The van der Waals surface area contributed by atoms with Gasteiger partial charge in [0, 0.05) is 0 Å². The molecule has 3 nitrogen and oxygen atoms in total. The second-order valence-electron chi connectivity index (χ2n) is 2.86. The van der Waals surface area contributed by atoms with Crippen molar-refractivity contribution in [2.75, 3.05) is 5.73 Å². The highest BCUT2D eigenvalue weighted by Crippen LogP contribution is 2.13. The van der Waals surface area contributed by atoms with E-state index in [2.05, 4.69) is 4.98 Å². The summed E-state index contributed by atoms with van der Waals surface area (Å²) < 4.78 is -0.0220. The fourth-order valence-corrected chi connectivity index (χ4v) is 1.81. The first-order valence-corrected chi connectivity index (χ1v) is 4.65. The number of nitrogens with zero attached hydrogens (tertiary/aromatic N) is 1. The molecule has 1 heterocycles. The predicted octanol–water partition coefficient (Wildman–Crippen LogP) is 1.55. The molecule has 66 valence electrons. The quantitative estimate of drug-likeness (QED) is 0.689. The molecule has 13 heavy (non-hydrogen) atoms. The lowest BCUT2D eigenvalue weighted by molar-refractivity contribution is 1.43. The van der Waals surface area contributed by atoms with E-state index in [0.717, 1.165) is 16.9 Å². The van der Waals surface area contributed by atoms with Gasteiger partial charge >= 0.3 is 0 Å². The van der Waals surface area contributed by atoms with Crippen LogP contribution in [0.5, 0.6) is 0 Å². The zero-order valence-corrected chi connectivity index (χ0v) is 7.89. The van der Waals surface area contributed by atoms with Crippen molar-refractivity contribution in [3.05, 3.63) is 33.3 Å². The van der Waals surface area contributed by atoms with Crippen LogP contribution in [0.15, 0.2) is 23.0 Å². The van der Waals surface area contributed by atoms with Gasteiger partial charge in [-0.05, 0) is 19.1 Å². The van der Waals surface area contributed by atoms with Crippen LogP contribution in [-0.4, -0.2) is 4.98 Å². The van der Waals surface area contributed by atoms with Gasteiger partial charge in [0.2, 0.25) is 4.74 Å². The Labute approximate surface area is 78.8 Å². The summed E-state index contributed by atoms with van der Waals surface area (Å²) in [7, 11) is 0. The van der Waals surface area contributed by atoms with Crippen LogP contribution in [0.1, 0.15) is 5.56 Å². The molecule has 0 bridgehead atoms. The van der Waals surface area contributed by atoms with E-state index in [0.29, 0.717) is 16.0 Å². The van der Waals surface area contributed by atoms with Gasteiger partial charge in [0.05, 0.1) is 10.9 Å². The van der Waals surface area contributed by atoms with Crippen LogP contribution in [0.3, 0.4) is 0 Å². The van der Waals surface area contributed by atoms with Gasteiger partial charge in [0.25, 0.3) is 0 Å². The molecule has 0 aliphatic rings. The molecule has 2 aromatic rings. The third-order valence-electron chi connectivity index (χ3n) is 1.80. The van der Waals surface area contributed by atoms with Crippen LogP contribution in [0.2, 0.25) is 0 Å². The largest absolute Gasteiger partial charge is 0.375 e. The first-order valence-electron chi connectivity index (χ1n) is 3.84. The topological polar surface area (TPSA) is 56.0 Å². The zero-order chi connectivity index (χ0) is 9.42. The Balaban J connectivity index is 2.95. The molecule has 0 spiro atoms. The van der Waals surface area contributed by atoms with E-state index in [1.54, 1.807) is 0 Å². The molecule has 0 aliphatic carbocycles. The van der Waals surface area contributed by atoms with Gasteiger partial charge < -0.3 is 5.73 Å². The number of hydrogen-bond donors (Lipinski definition) is 1. The molecule has 0 atom stereocenters. The Morgan fingerprint density at radius 1 is 1.46 bits per heavy atom. The zero-order valence-electron chi connectivity index (χ0n) is 7.07. The Kier molecular flexibility index (Phi) is 1.77. The minimum Gasteiger partial charge on any atom is -0.375 e. The number of anilines is 1. The SMILES string of the molecule is Cc1ccc2nc(N)sc(=O)c2c1. The van der Waals surface area contributed by atoms with Crippen molar-refractivity contribution in [1.82, 2.24) is 4.98 Å². The second-order valence-corrected chi connectivity index (χ2v) is 3.85. The highest BCUT2D eigenvalue weighted by Gasteiger charge is 2.01. The van der Waals surface area contributed by atoms with Crippen molar-refractivity contribution < 1.29 is 0 Å². The summed E-state index contributed by atoms with van der Waals surface area (Å²) in [5.74, 6) is 0. The van der Waals surface area contributed by atoms with Gasteiger partial charge in [-0.2, -0.15) is 0 Å². The molecule has 0 amide bonds. The standard InChI is InChI=1S/C9H8N2OS/c1-5-2-3-7-6(4-5)8(12)13-9(10)11-7/h2-4H,1H3,(H2,10,11). The monoisotopic (exact) mass is 192 g/mol. The summed E-state index contributed by atoms with van der Waals surface area (Å²) >= 11 is 0.981. The van der Waals surface area contributed by atoms with Crippen molar-refractivity contribution in [1.29, 1.82) is 0 Å². The number of hydrogen-bond acceptors (Lipinski definition) is 4. The van der Waals surface area contributed by atoms with Crippen LogP contribution >= 0.6 is 11.3 Å². The highest BCUT2D eigenvalue weighted by molar-refractivity contribution is 7.13. The maximum Gasteiger partial charge on any atom is 0.245 e. The molecule has 0 aliphatic heterocycles. The highest BCUT2D eigenvalue weighted by atomic mass is 32.1. The average Bonchev–Trinajstić information content (AvgIpc) is 2.06. The van der Waals surface area contributed by atoms with Crippen molar-refractivity contribution in [3.63, 3.8) is 0 Å². The summed E-state index contributed by atoms with van der Waals surface area (Å²) in [5, 5.41) is 0.973. The third kappa shape index (κ3) is 1.40. The van der Waals surface area contributed by atoms with Crippen molar-refractivity contribution >= 4 is 27.4 Å². The van der Waals surface area contributed by atoms with Crippen LogP contribution < -0.4 is 10.5 Å². The Morgan fingerprint density at radius 2 is 2.23 bits per heavy atom. The van der Waals surface area contributed by atoms with Gasteiger partial charge in [-0.25, -0.2) is 4.98 Å². The first-order chi connectivity index (χ1) is 6.16. The molecule has 0 fully saturated rings. The van der Waals surface area contributed by atoms with Gasteiger partial charge in [-0.15, -0.1) is 0 Å². The molecule has 0 radical (unpaired) electrons. The normalized spacial score (nSPS) is 10.5. The molecular weight excluding hydrogens is 184 g/mol. The maximum atomic E-state index is 11.5. The number of aryl methyl sites for hydroxylation is 1. The lowest BCUT2D eigenvalue weighted by atomic mass is 10.2. The van der Waals surface area contributed by atoms with E-state index in [9.17, 15) is 4.79 Å². The van der Waals surface area contributed by atoms with E-state index in [1.165, 1.54) is 0 Å². The fraction of sp³-hybridized carbons (Fsp3) is 0.111. The van der Waals surface area contributed by atoms with E-state index in [4.69, 9.17) is 5.73 Å². The number of nitrogens with two attached hydrogens (primary N) is 1. The van der Waals surface area contributed by atoms with Crippen molar-refractivity contribution in [3.8, 4) is 0 Å². The van der Waals surface area contributed by atoms with Gasteiger partial charge in [0.15, 0.2) is 5.13 Å². The van der Waals surface area contributed by atoms with Gasteiger partial charge in [-0.3, -0.25) is 4.79 Å². The second kappa shape index (κ2) is 2.81. The summed E-state index contributed by atoms with van der Waals surface area (Å²) in [6.45, 7) is 1.94. The number of fused-ring (bicyclic) bond motifs is 1. The van der Waals surface area contributed by atoms with E-state index >= 15 is 0 Å². The summed E-state index contributed by atoms with van der Waals surface area (Å²) in [6, 6.07) is 5.56. The minimum atomic E-state index is -0.0220. The molecule has 0 saturated carbocycles. The van der Waals surface area contributed by atoms with Gasteiger partial charge in [-0.1, -0.05) is 23.0 Å². The lowest BCUT2D eigenvalue weighted by Gasteiger charge is -1.97. The lowest BCUT2D eigenvalue weighted by Crippen LogP contribution is -2.00. The predicted molar refractivity (Wildman–Crippen MR) is 55.0 cm³/mol. The summed E-state index contributed by atoms with van der Waals surface area (Å²) in [4.78, 5) is 15.5. The van der Waals surface area contributed by atoms with Gasteiger partial charge in [0.1, 0.15) is 0 Å². The molecule has 1 aromatic carbocycles. The maximum absolute atomic E-state index is 11.5. The molecule has 2 N–H and O–H groups in total. The molecule has 0 saturated heterocycles. The van der Waals surface area contributed by atoms with Crippen molar-refractivity contribution in [2.45, 2.75) is 6.92 Å². The number of aromatic nitrogens is 1. The molecular formula is C9H8N2OS. The van der Waals surface area contributed by atoms with E-state index < -0.39 is 0 Å². The number of benzene rings is 1. The summed E-state index contributed by atoms with van der Waals surface area (Å²) in [5.41, 5.74) is 7.20. The van der Waals surface area contributed by atoms with Crippen LogP contribution in [0.4, 0.5) is 5.13 Å². The van der Waals surface area contributed by atoms with E-state index in [-0.39, 0.29) is 4.74 Å². The summed E-state index contributed by atoms with van der Waals surface area (Å²) in [6.07, 6.45) is 0. The van der Waals surface area contributed by atoms with Crippen LogP contribution in [0, 0.1) is 6.92 Å². The van der Waals surface area contributed by atoms with E-state index in [1.807, 2.05) is 25.1 Å². The van der Waals surface area contributed by atoms with Crippen molar-refractivity contribution in [2.24, 2.45) is 0 Å². The minimum absolute atomic E-state index is 0.0220. The molecule has 0 unspecified atom stereocenters. The molecule has 1 aromatic heterocycles. The smallest absolute Gasteiger partial charge is 0.245 e. The van der Waals surface area contributed by atoms with Crippen LogP contribution in [0.25, 0.3) is 10.9 Å². The first kappa shape index (κ1) is 8.19. The number of nitrogen functional groups attached to an aromatic ring is 1. The Bertz CT molecular complexity index is 518. The molecule has 2 rings (SSSR count). The number of rotatable bonds is 0. The Morgan fingerprint density at radius 3 is 3.00 bits per heavy atom. The average molecular weight is 192 g/mol.